The molecule has 2 heterocycles. The van der Waals surface area contributed by atoms with Gasteiger partial charge in [0.25, 0.3) is 0 Å². The summed E-state index contributed by atoms with van der Waals surface area (Å²) in [4.78, 5) is 15.1. The van der Waals surface area contributed by atoms with E-state index in [1.54, 1.807) is 0 Å². The predicted octanol–water partition coefficient (Wildman–Crippen LogP) is 9.64. The fourth-order valence-electron chi connectivity index (χ4n) is 5.75. The van der Waals surface area contributed by atoms with E-state index in [2.05, 4.69) is 120 Å². The van der Waals surface area contributed by atoms with Gasteiger partial charge in [-0.1, -0.05) is 140 Å². The Hall–Kier alpha value is -5.87. The van der Waals surface area contributed by atoms with Crippen LogP contribution in [0.15, 0.2) is 158 Å². The summed E-state index contributed by atoms with van der Waals surface area (Å²) in [6, 6.07) is 54.5. The molecule has 0 saturated carbocycles. The first-order chi connectivity index (χ1) is 21.3. The van der Waals surface area contributed by atoms with Crippen molar-refractivity contribution < 1.29 is 0 Å². The van der Waals surface area contributed by atoms with Crippen LogP contribution < -0.4 is 0 Å². The second kappa shape index (κ2) is 10.5. The van der Waals surface area contributed by atoms with Crippen molar-refractivity contribution in [2.45, 2.75) is 0 Å². The third-order valence-corrected chi connectivity index (χ3v) is 7.89. The van der Waals surface area contributed by atoms with Crippen LogP contribution in [0.4, 0.5) is 0 Å². The average Bonchev–Trinajstić information content (AvgIpc) is 3.43. The molecule has 2 aromatic heterocycles. The van der Waals surface area contributed by atoms with E-state index in [4.69, 9.17) is 15.0 Å². The average molecular weight is 551 g/mol. The molecule has 8 aromatic rings. The van der Waals surface area contributed by atoms with Crippen molar-refractivity contribution in [2.24, 2.45) is 0 Å². The molecule has 0 unspecified atom stereocenters. The molecule has 0 aliphatic rings. The van der Waals surface area contributed by atoms with Crippen molar-refractivity contribution in [2.75, 3.05) is 0 Å². The maximum absolute atomic E-state index is 5.10. The maximum Gasteiger partial charge on any atom is 0.238 e. The van der Waals surface area contributed by atoms with E-state index in [1.165, 1.54) is 16.7 Å². The molecule has 0 N–H and O–H groups in total. The van der Waals surface area contributed by atoms with Gasteiger partial charge in [-0.15, -0.1) is 0 Å². The molecule has 0 bridgehead atoms. The van der Waals surface area contributed by atoms with Crippen LogP contribution in [-0.4, -0.2) is 19.5 Å². The zero-order chi connectivity index (χ0) is 28.6. The molecular weight excluding hydrogens is 524 g/mol. The fraction of sp³-hybridized carbons (Fsp3) is 0. The van der Waals surface area contributed by atoms with E-state index in [9.17, 15) is 0 Å². The van der Waals surface area contributed by atoms with Gasteiger partial charge in [-0.2, -0.15) is 9.97 Å². The Balaban J connectivity index is 1.33. The molecule has 202 valence electrons. The summed E-state index contributed by atoms with van der Waals surface area (Å²) in [5.74, 6) is 1.87. The monoisotopic (exact) mass is 550 g/mol. The van der Waals surface area contributed by atoms with Crippen LogP contribution in [0.3, 0.4) is 0 Å². The molecule has 4 nitrogen and oxygen atoms in total. The number of rotatable bonds is 5. The van der Waals surface area contributed by atoms with E-state index in [-0.39, 0.29) is 0 Å². The second-order valence-electron chi connectivity index (χ2n) is 10.5. The number of benzene rings is 6. The molecule has 6 aromatic carbocycles. The van der Waals surface area contributed by atoms with Gasteiger partial charge in [0.2, 0.25) is 5.95 Å². The largest absolute Gasteiger partial charge is 0.278 e. The normalized spacial score (nSPS) is 11.3. The first-order valence-corrected chi connectivity index (χ1v) is 14.4. The van der Waals surface area contributed by atoms with Gasteiger partial charge in [-0.05, 0) is 40.5 Å². The lowest BCUT2D eigenvalue weighted by Crippen LogP contribution is -2.06. The number of hydrogen-bond donors (Lipinski definition) is 0. The Labute approximate surface area is 249 Å². The summed E-state index contributed by atoms with van der Waals surface area (Å²) in [6.07, 6.45) is 0. The molecule has 0 aliphatic heterocycles. The zero-order valence-corrected chi connectivity index (χ0v) is 23.3. The van der Waals surface area contributed by atoms with Gasteiger partial charge in [0.15, 0.2) is 11.6 Å². The minimum absolute atomic E-state index is 0.592. The van der Waals surface area contributed by atoms with Crippen LogP contribution in [0, 0.1) is 0 Å². The standard InChI is InChI=1S/C39H26N4/c1-4-12-27(13-5-1)29-20-22-31(23-21-29)38-40-37(30-16-8-3-9-17-30)41-39(42-38)43-35-19-11-10-18-33(35)34-26-32(24-25-36(34)43)28-14-6-2-7-15-28/h1-26H. The lowest BCUT2D eigenvalue weighted by molar-refractivity contribution is 0.953. The third-order valence-electron chi connectivity index (χ3n) is 7.89. The SMILES string of the molecule is c1ccc(-c2ccc(-c3nc(-c4ccccc4)nc(-n4c5ccccc5c5cc(-c6ccccc6)ccc54)n3)cc2)cc1. The Kier molecular flexibility index (Phi) is 6.08. The summed E-state index contributed by atoms with van der Waals surface area (Å²) >= 11 is 0. The number of fused-ring (bicyclic) bond motifs is 3. The topological polar surface area (TPSA) is 43.6 Å². The zero-order valence-electron chi connectivity index (χ0n) is 23.3. The van der Waals surface area contributed by atoms with Gasteiger partial charge < -0.3 is 0 Å². The Morgan fingerprint density at radius 3 is 1.42 bits per heavy atom. The van der Waals surface area contributed by atoms with Gasteiger partial charge in [0.05, 0.1) is 11.0 Å². The van der Waals surface area contributed by atoms with Crippen molar-refractivity contribution >= 4 is 21.8 Å². The molecule has 0 radical (unpaired) electrons. The Morgan fingerprint density at radius 1 is 0.326 bits per heavy atom. The summed E-state index contributed by atoms with van der Waals surface area (Å²) in [6.45, 7) is 0. The molecule has 0 spiro atoms. The van der Waals surface area contributed by atoms with Crippen LogP contribution >= 0.6 is 0 Å². The van der Waals surface area contributed by atoms with Gasteiger partial charge in [-0.25, -0.2) is 4.98 Å². The maximum atomic E-state index is 5.10. The van der Waals surface area contributed by atoms with Gasteiger partial charge >= 0.3 is 0 Å². The number of para-hydroxylation sites is 1. The fourth-order valence-corrected chi connectivity index (χ4v) is 5.75. The highest BCUT2D eigenvalue weighted by atomic mass is 15.2. The first-order valence-electron chi connectivity index (χ1n) is 14.4. The number of hydrogen-bond acceptors (Lipinski definition) is 3. The van der Waals surface area contributed by atoms with Gasteiger partial charge in [-0.3, -0.25) is 4.57 Å². The van der Waals surface area contributed by atoms with E-state index in [1.807, 2.05) is 42.5 Å². The number of nitrogens with zero attached hydrogens (tertiary/aromatic N) is 4. The van der Waals surface area contributed by atoms with Gasteiger partial charge in [0.1, 0.15) is 0 Å². The smallest absolute Gasteiger partial charge is 0.238 e. The molecule has 8 rings (SSSR count). The Morgan fingerprint density at radius 2 is 0.767 bits per heavy atom. The summed E-state index contributed by atoms with van der Waals surface area (Å²) in [5.41, 5.74) is 8.68. The van der Waals surface area contributed by atoms with Crippen LogP contribution in [0.25, 0.3) is 72.8 Å². The van der Waals surface area contributed by atoms with Crippen LogP contribution in [0.1, 0.15) is 0 Å². The van der Waals surface area contributed by atoms with Crippen molar-refractivity contribution in [1.82, 2.24) is 19.5 Å². The van der Waals surface area contributed by atoms with Crippen molar-refractivity contribution in [1.29, 1.82) is 0 Å². The second-order valence-corrected chi connectivity index (χ2v) is 10.5. The highest BCUT2D eigenvalue weighted by Gasteiger charge is 2.18. The molecule has 0 aliphatic carbocycles. The van der Waals surface area contributed by atoms with Crippen LogP contribution in [0.2, 0.25) is 0 Å². The molecule has 0 atom stereocenters. The van der Waals surface area contributed by atoms with Crippen molar-refractivity contribution in [3.05, 3.63) is 158 Å². The lowest BCUT2D eigenvalue weighted by atomic mass is 10.0. The molecule has 0 fully saturated rings. The summed E-state index contributed by atoms with van der Waals surface area (Å²) in [7, 11) is 0. The van der Waals surface area contributed by atoms with Crippen molar-refractivity contribution in [3.8, 4) is 51.0 Å². The van der Waals surface area contributed by atoms with Gasteiger partial charge in [0, 0.05) is 21.9 Å². The minimum atomic E-state index is 0.592. The summed E-state index contributed by atoms with van der Waals surface area (Å²) < 4.78 is 2.16. The quantitative estimate of drug-likeness (QED) is 0.214. The van der Waals surface area contributed by atoms with E-state index in [0.717, 1.165) is 38.5 Å². The minimum Gasteiger partial charge on any atom is -0.278 e. The molecule has 0 saturated heterocycles. The number of aromatic nitrogens is 4. The molecule has 0 amide bonds. The molecule has 4 heteroatoms. The lowest BCUT2D eigenvalue weighted by Gasteiger charge is -2.11. The highest BCUT2D eigenvalue weighted by molar-refractivity contribution is 6.10. The van der Waals surface area contributed by atoms with E-state index >= 15 is 0 Å². The summed E-state index contributed by atoms with van der Waals surface area (Å²) in [5, 5.41) is 2.32. The van der Waals surface area contributed by atoms with E-state index < -0.39 is 0 Å². The van der Waals surface area contributed by atoms with Crippen LogP contribution in [0.5, 0.6) is 0 Å². The molecular formula is C39H26N4. The van der Waals surface area contributed by atoms with Crippen molar-refractivity contribution in [3.63, 3.8) is 0 Å². The first kappa shape index (κ1) is 24.9. The van der Waals surface area contributed by atoms with Crippen LogP contribution in [-0.2, 0) is 0 Å². The molecule has 43 heavy (non-hydrogen) atoms. The highest BCUT2D eigenvalue weighted by Crippen LogP contribution is 2.35. The Bertz CT molecular complexity index is 2200. The van der Waals surface area contributed by atoms with E-state index in [0.29, 0.717) is 17.6 Å². The predicted molar refractivity (Wildman–Crippen MR) is 176 cm³/mol. The third kappa shape index (κ3) is 4.55.